The van der Waals surface area contributed by atoms with Crippen molar-refractivity contribution in [2.45, 2.75) is 64.0 Å². The topological polar surface area (TPSA) is 78.7 Å². The van der Waals surface area contributed by atoms with Crippen LogP contribution in [0.2, 0.25) is 0 Å². The van der Waals surface area contributed by atoms with Crippen LogP contribution in [0.5, 0.6) is 0 Å². The first-order valence-corrected chi connectivity index (χ1v) is 10.8. The van der Waals surface area contributed by atoms with E-state index in [2.05, 4.69) is 39.4 Å². The minimum atomic E-state index is -0.202. The van der Waals surface area contributed by atoms with E-state index in [1.807, 2.05) is 13.8 Å². The lowest BCUT2D eigenvalue weighted by molar-refractivity contribution is -0.134. The van der Waals surface area contributed by atoms with E-state index in [-0.39, 0.29) is 17.7 Å². The molecule has 6 nitrogen and oxygen atoms in total. The maximum Gasteiger partial charge on any atom is 0.234 e. The van der Waals surface area contributed by atoms with Crippen molar-refractivity contribution in [2.75, 3.05) is 31.1 Å². The van der Waals surface area contributed by atoms with Gasteiger partial charge in [0.15, 0.2) is 0 Å². The lowest BCUT2D eigenvalue weighted by Crippen LogP contribution is -2.54. The third kappa shape index (κ3) is 4.39. The van der Waals surface area contributed by atoms with E-state index in [9.17, 15) is 9.59 Å². The van der Waals surface area contributed by atoms with E-state index in [0.29, 0.717) is 24.9 Å². The van der Waals surface area contributed by atoms with Crippen molar-refractivity contribution in [1.29, 1.82) is 0 Å². The van der Waals surface area contributed by atoms with E-state index in [1.165, 1.54) is 18.5 Å². The largest absolute Gasteiger partial charge is 0.363 e. The van der Waals surface area contributed by atoms with Crippen molar-refractivity contribution in [1.82, 2.24) is 10.2 Å². The number of rotatable bonds is 5. The fourth-order valence-corrected chi connectivity index (χ4v) is 4.80. The molecule has 1 aromatic rings. The third-order valence-electron chi connectivity index (χ3n) is 6.07. The van der Waals surface area contributed by atoms with Gasteiger partial charge in [-0.15, -0.1) is 0 Å². The third-order valence-corrected chi connectivity index (χ3v) is 6.07. The van der Waals surface area contributed by atoms with Crippen molar-refractivity contribution in [3.05, 3.63) is 29.8 Å². The Morgan fingerprint density at radius 1 is 1.04 bits per heavy atom. The van der Waals surface area contributed by atoms with E-state index >= 15 is 0 Å². The summed E-state index contributed by atoms with van der Waals surface area (Å²) in [7, 11) is 0. The van der Waals surface area contributed by atoms with Crippen LogP contribution in [0.15, 0.2) is 24.3 Å². The zero-order valence-electron chi connectivity index (χ0n) is 17.2. The second kappa shape index (κ2) is 9.52. The summed E-state index contributed by atoms with van der Waals surface area (Å²) in [5, 5.41) is 2.45. The number of piperidine rings is 1. The molecule has 4 rings (SSSR count). The Balaban J connectivity index is 0.00000109. The van der Waals surface area contributed by atoms with Crippen LogP contribution in [0.25, 0.3) is 0 Å². The first-order valence-electron chi connectivity index (χ1n) is 10.8. The molecule has 0 aromatic heterocycles. The Morgan fingerprint density at radius 2 is 1.68 bits per heavy atom. The quantitative estimate of drug-likeness (QED) is 0.759. The number of fused-ring (bicyclic) bond motifs is 2. The number of carbonyl (C=O) groups excluding carboxylic acids is 2. The van der Waals surface area contributed by atoms with Crippen molar-refractivity contribution in [2.24, 2.45) is 5.73 Å². The van der Waals surface area contributed by atoms with E-state index in [0.717, 1.165) is 38.2 Å². The van der Waals surface area contributed by atoms with Crippen LogP contribution in [0.3, 0.4) is 0 Å². The summed E-state index contributed by atoms with van der Waals surface area (Å²) >= 11 is 0. The van der Waals surface area contributed by atoms with Gasteiger partial charge in [-0.05, 0) is 56.5 Å². The zero-order chi connectivity index (χ0) is 20.1. The normalized spacial score (nSPS) is 27.2. The molecule has 3 fully saturated rings. The standard InChI is InChI=1S/C20H28N4O2.C2H6/c21-10-1-11-23-12-16-6-7-17(13-23)24(16)15-4-2-14(3-5-15)18-8-9-19(25)22-20(18)26;1-2/h2-5,16-18H,1,6-13,21H2,(H,22,25,26);1-2H3. The van der Waals surface area contributed by atoms with Gasteiger partial charge in [0.1, 0.15) is 0 Å². The van der Waals surface area contributed by atoms with Gasteiger partial charge in [0.05, 0.1) is 5.92 Å². The number of hydrogen-bond acceptors (Lipinski definition) is 5. The highest BCUT2D eigenvalue weighted by molar-refractivity contribution is 6.00. The molecule has 0 saturated carbocycles. The van der Waals surface area contributed by atoms with Gasteiger partial charge >= 0.3 is 0 Å². The molecule has 1 aromatic carbocycles. The first kappa shape index (κ1) is 20.8. The number of amides is 2. The second-order valence-electron chi connectivity index (χ2n) is 7.79. The number of carbonyl (C=O) groups is 2. The number of likely N-dealkylation sites (tertiary alicyclic amines) is 1. The van der Waals surface area contributed by atoms with Crippen LogP contribution < -0.4 is 16.0 Å². The summed E-state index contributed by atoms with van der Waals surface area (Å²) in [6.45, 7) is 8.10. The smallest absolute Gasteiger partial charge is 0.234 e. The predicted molar refractivity (Wildman–Crippen MR) is 112 cm³/mol. The Hall–Kier alpha value is -1.92. The van der Waals surface area contributed by atoms with E-state index in [1.54, 1.807) is 0 Å². The summed E-state index contributed by atoms with van der Waals surface area (Å²) in [4.78, 5) is 28.5. The van der Waals surface area contributed by atoms with E-state index in [4.69, 9.17) is 5.73 Å². The molecule has 3 N–H and O–H groups in total. The molecule has 3 aliphatic rings. The van der Waals surface area contributed by atoms with Gasteiger partial charge in [-0.2, -0.15) is 0 Å². The maximum absolute atomic E-state index is 12.1. The molecule has 28 heavy (non-hydrogen) atoms. The molecule has 3 unspecified atom stereocenters. The maximum atomic E-state index is 12.1. The second-order valence-corrected chi connectivity index (χ2v) is 7.79. The molecular formula is C22H34N4O2. The summed E-state index contributed by atoms with van der Waals surface area (Å²) in [5.74, 6) is -0.527. The lowest BCUT2D eigenvalue weighted by Gasteiger charge is -2.42. The van der Waals surface area contributed by atoms with Crippen LogP contribution in [-0.2, 0) is 9.59 Å². The first-order chi connectivity index (χ1) is 13.7. The molecule has 154 valence electrons. The van der Waals surface area contributed by atoms with Crippen LogP contribution in [0, 0.1) is 0 Å². The Kier molecular flexibility index (Phi) is 7.08. The predicted octanol–water partition coefficient (Wildman–Crippen LogP) is 2.23. The molecule has 0 aliphatic carbocycles. The van der Waals surface area contributed by atoms with Crippen molar-refractivity contribution in [3.8, 4) is 0 Å². The summed E-state index contributed by atoms with van der Waals surface area (Å²) in [6.07, 6.45) is 4.60. The average molecular weight is 387 g/mol. The number of imide groups is 1. The molecular weight excluding hydrogens is 352 g/mol. The molecule has 3 aliphatic heterocycles. The van der Waals surface area contributed by atoms with Gasteiger partial charge in [0.25, 0.3) is 0 Å². The van der Waals surface area contributed by atoms with Crippen molar-refractivity contribution in [3.63, 3.8) is 0 Å². The molecule has 2 bridgehead atoms. The Bertz CT molecular complexity index is 662. The monoisotopic (exact) mass is 386 g/mol. The number of nitrogens with zero attached hydrogens (tertiary/aromatic N) is 2. The molecule has 3 saturated heterocycles. The van der Waals surface area contributed by atoms with Gasteiger partial charge in [-0.25, -0.2) is 0 Å². The van der Waals surface area contributed by atoms with Crippen molar-refractivity contribution < 1.29 is 9.59 Å². The fourth-order valence-electron chi connectivity index (χ4n) is 4.80. The molecule has 0 radical (unpaired) electrons. The summed E-state index contributed by atoms with van der Waals surface area (Å²) < 4.78 is 0. The van der Waals surface area contributed by atoms with Gasteiger partial charge in [-0.3, -0.25) is 19.8 Å². The number of benzene rings is 1. The molecule has 2 amide bonds. The molecule has 3 atom stereocenters. The lowest BCUT2D eigenvalue weighted by atomic mass is 9.90. The Labute approximate surface area is 168 Å². The fraction of sp³-hybridized carbons (Fsp3) is 0.636. The van der Waals surface area contributed by atoms with Crippen molar-refractivity contribution >= 4 is 17.5 Å². The van der Waals surface area contributed by atoms with Gasteiger partial charge in [0.2, 0.25) is 11.8 Å². The van der Waals surface area contributed by atoms with E-state index < -0.39 is 0 Å². The number of anilines is 1. The highest BCUT2D eigenvalue weighted by Gasteiger charge is 2.39. The Morgan fingerprint density at radius 3 is 2.25 bits per heavy atom. The number of piperazine rings is 1. The SMILES string of the molecule is CC.NCCCN1CC2CCC(C1)N2c1ccc(C2CCC(=O)NC2=O)cc1. The van der Waals surface area contributed by atoms with Gasteiger partial charge in [0, 0.05) is 37.3 Å². The van der Waals surface area contributed by atoms with Gasteiger partial charge in [-0.1, -0.05) is 26.0 Å². The number of hydrogen-bond donors (Lipinski definition) is 2. The highest BCUT2D eigenvalue weighted by Crippen LogP contribution is 2.36. The average Bonchev–Trinajstić information content (AvgIpc) is 2.98. The van der Waals surface area contributed by atoms with Crippen LogP contribution in [0.4, 0.5) is 5.69 Å². The number of nitrogens with two attached hydrogens (primary N) is 1. The minimum absolute atomic E-state index is 0.160. The minimum Gasteiger partial charge on any atom is -0.363 e. The van der Waals surface area contributed by atoms with Crippen LogP contribution in [-0.4, -0.2) is 55.0 Å². The highest BCUT2D eigenvalue weighted by atomic mass is 16.2. The zero-order valence-corrected chi connectivity index (χ0v) is 17.2. The molecule has 3 heterocycles. The van der Waals surface area contributed by atoms with Crippen LogP contribution >= 0.6 is 0 Å². The summed E-state index contributed by atoms with van der Waals surface area (Å²) in [5.41, 5.74) is 7.92. The number of nitrogens with one attached hydrogen (secondary N) is 1. The molecule has 0 spiro atoms. The van der Waals surface area contributed by atoms with Crippen LogP contribution in [0.1, 0.15) is 57.4 Å². The van der Waals surface area contributed by atoms with Gasteiger partial charge < -0.3 is 10.6 Å². The summed E-state index contributed by atoms with van der Waals surface area (Å²) in [6, 6.07) is 9.59. The molecule has 6 heteroatoms.